The molecule has 0 spiro atoms. The molecule has 0 bridgehead atoms. The molecule has 0 aliphatic carbocycles. The van der Waals surface area contributed by atoms with Crippen LogP contribution in [-0.2, 0) is 6.54 Å². The number of pyridine rings is 1. The minimum Gasteiger partial charge on any atom is -0.320 e. The molecular weight excluding hydrogens is 330 g/mol. The Balaban J connectivity index is 1.52. The Hall–Kier alpha value is -3.68. The van der Waals surface area contributed by atoms with E-state index in [1.54, 1.807) is 22.8 Å². The summed E-state index contributed by atoms with van der Waals surface area (Å²) in [6.45, 7) is 0.334. The summed E-state index contributed by atoms with van der Waals surface area (Å²) in [6.07, 6.45) is 5.40. The molecule has 4 rings (SSSR count). The van der Waals surface area contributed by atoms with Crippen LogP contribution in [0.4, 0.5) is 10.5 Å². The summed E-state index contributed by atoms with van der Waals surface area (Å²) >= 11 is 0. The van der Waals surface area contributed by atoms with Crippen LogP contribution in [0.25, 0.3) is 11.3 Å². The second-order valence-electron chi connectivity index (χ2n) is 5.80. The van der Waals surface area contributed by atoms with Crippen LogP contribution in [-0.4, -0.2) is 42.4 Å². The molecule has 3 heterocycles. The molecule has 0 fully saturated rings. The molecule has 8 heteroatoms. The van der Waals surface area contributed by atoms with Crippen molar-refractivity contribution in [1.29, 1.82) is 0 Å². The van der Waals surface area contributed by atoms with Crippen LogP contribution in [0.2, 0.25) is 0 Å². The Morgan fingerprint density at radius 1 is 1.08 bits per heavy atom. The molecule has 4 aromatic rings. The van der Waals surface area contributed by atoms with E-state index in [2.05, 4.69) is 20.6 Å². The highest BCUT2D eigenvalue weighted by Crippen LogP contribution is 2.19. The van der Waals surface area contributed by atoms with Gasteiger partial charge in [-0.3, -0.25) is 4.40 Å². The molecule has 26 heavy (non-hydrogen) atoms. The van der Waals surface area contributed by atoms with Crippen LogP contribution in [0.1, 0.15) is 5.82 Å². The average Bonchev–Trinajstić information content (AvgIpc) is 3.33. The number of carbonyl (C=O) groups is 1. The highest BCUT2D eigenvalue weighted by Gasteiger charge is 2.15. The monoisotopic (exact) mass is 347 g/mol. The van der Waals surface area contributed by atoms with Crippen LogP contribution < -0.4 is 5.32 Å². The number of rotatable bonds is 4. The van der Waals surface area contributed by atoms with Gasteiger partial charge in [0.15, 0.2) is 11.5 Å². The van der Waals surface area contributed by atoms with Crippen molar-refractivity contribution in [3.63, 3.8) is 0 Å². The van der Waals surface area contributed by atoms with Crippen molar-refractivity contribution in [2.75, 3.05) is 12.4 Å². The highest BCUT2D eigenvalue weighted by molar-refractivity contribution is 5.91. The van der Waals surface area contributed by atoms with Gasteiger partial charge in [0, 0.05) is 25.6 Å². The summed E-state index contributed by atoms with van der Waals surface area (Å²) in [7, 11) is 1.72. The van der Waals surface area contributed by atoms with Gasteiger partial charge < -0.3 is 10.2 Å². The van der Waals surface area contributed by atoms with Crippen molar-refractivity contribution in [1.82, 2.24) is 29.3 Å². The number of hydrogen-bond donors (Lipinski definition) is 1. The maximum atomic E-state index is 12.6. The SMILES string of the molecule is CN(Cc1nnc2ccccn12)C(=O)Nc1ccccc1-n1cccn1. The second-order valence-corrected chi connectivity index (χ2v) is 5.80. The van der Waals surface area contributed by atoms with Gasteiger partial charge in [-0.05, 0) is 30.3 Å². The number of aromatic nitrogens is 5. The van der Waals surface area contributed by atoms with E-state index >= 15 is 0 Å². The van der Waals surface area contributed by atoms with Crippen molar-refractivity contribution in [3.8, 4) is 5.69 Å². The lowest BCUT2D eigenvalue weighted by atomic mass is 10.2. The van der Waals surface area contributed by atoms with E-state index in [1.807, 2.05) is 65.3 Å². The minimum absolute atomic E-state index is 0.239. The number of carbonyl (C=O) groups excluding carboxylic acids is 1. The number of para-hydroxylation sites is 2. The lowest BCUT2D eigenvalue weighted by molar-refractivity contribution is 0.219. The number of fused-ring (bicyclic) bond motifs is 1. The van der Waals surface area contributed by atoms with Gasteiger partial charge in [-0.25, -0.2) is 9.48 Å². The topological polar surface area (TPSA) is 80.4 Å². The van der Waals surface area contributed by atoms with E-state index in [9.17, 15) is 4.79 Å². The molecule has 0 atom stereocenters. The Labute approximate surface area is 149 Å². The van der Waals surface area contributed by atoms with E-state index in [-0.39, 0.29) is 6.03 Å². The third kappa shape index (κ3) is 3.00. The van der Waals surface area contributed by atoms with Crippen LogP contribution in [0.15, 0.2) is 67.1 Å². The first-order chi connectivity index (χ1) is 12.7. The lowest BCUT2D eigenvalue weighted by Crippen LogP contribution is -2.31. The quantitative estimate of drug-likeness (QED) is 0.615. The van der Waals surface area contributed by atoms with E-state index in [0.717, 1.165) is 11.3 Å². The maximum absolute atomic E-state index is 12.6. The number of benzene rings is 1. The largest absolute Gasteiger partial charge is 0.322 e. The molecule has 0 saturated carbocycles. The predicted molar refractivity (Wildman–Crippen MR) is 97.0 cm³/mol. The van der Waals surface area contributed by atoms with Crippen molar-refractivity contribution in [3.05, 3.63) is 72.9 Å². The Bertz CT molecular complexity index is 1040. The van der Waals surface area contributed by atoms with Crippen LogP contribution >= 0.6 is 0 Å². The zero-order valence-corrected chi connectivity index (χ0v) is 14.1. The minimum atomic E-state index is -0.239. The summed E-state index contributed by atoms with van der Waals surface area (Å²) in [4.78, 5) is 14.2. The molecule has 0 radical (unpaired) electrons. The van der Waals surface area contributed by atoms with Gasteiger partial charge in [-0.1, -0.05) is 18.2 Å². The highest BCUT2D eigenvalue weighted by atomic mass is 16.2. The molecule has 1 N–H and O–H groups in total. The molecule has 3 aromatic heterocycles. The maximum Gasteiger partial charge on any atom is 0.322 e. The first-order valence-corrected chi connectivity index (χ1v) is 8.12. The molecule has 8 nitrogen and oxygen atoms in total. The zero-order chi connectivity index (χ0) is 17.9. The second kappa shape index (κ2) is 6.67. The van der Waals surface area contributed by atoms with Crippen LogP contribution in [0, 0.1) is 0 Å². The average molecular weight is 347 g/mol. The van der Waals surface area contributed by atoms with Gasteiger partial charge in [0.05, 0.1) is 17.9 Å². The van der Waals surface area contributed by atoms with Gasteiger partial charge in [-0.15, -0.1) is 10.2 Å². The lowest BCUT2D eigenvalue weighted by Gasteiger charge is -2.18. The van der Waals surface area contributed by atoms with Crippen molar-refractivity contribution in [2.45, 2.75) is 6.54 Å². The molecule has 0 aliphatic heterocycles. The fourth-order valence-corrected chi connectivity index (χ4v) is 2.68. The summed E-state index contributed by atoms with van der Waals surface area (Å²) in [5.74, 6) is 0.693. The fraction of sp³-hybridized carbons (Fsp3) is 0.111. The number of anilines is 1. The molecule has 0 saturated heterocycles. The van der Waals surface area contributed by atoms with Crippen molar-refractivity contribution < 1.29 is 4.79 Å². The molecule has 0 unspecified atom stereocenters. The first-order valence-electron chi connectivity index (χ1n) is 8.12. The third-order valence-corrected chi connectivity index (χ3v) is 4.01. The predicted octanol–water partition coefficient (Wildman–Crippen LogP) is 2.58. The van der Waals surface area contributed by atoms with Gasteiger partial charge in [0.1, 0.15) is 0 Å². The Morgan fingerprint density at radius 3 is 2.77 bits per heavy atom. The number of hydrogen-bond acceptors (Lipinski definition) is 4. The summed E-state index contributed by atoms with van der Waals surface area (Å²) in [5, 5.41) is 15.4. The van der Waals surface area contributed by atoms with Gasteiger partial charge >= 0.3 is 6.03 Å². The van der Waals surface area contributed by atoms with E-state index in [4.69, 9.17) is 0 Å². The van der Waals surface area contributed by atoms with Crippen molar-refractivity contribution >= 4 is 17.4 Å². The van der Waals surface area contributed by atoms with Crippen molar-refractivity contribution in [2.24, 2.45) is 0 Å². The number of urea groups is 1. The fourth-order valence-electron chi connectivity index (χ4n) is 2.68. The summed E-state index contributed by atoms with van der Waals surface area (Å²) in [6, 6.07) is 14.8. The van der Waals surface area contributed by atoms with Gasteiger partial charge in [0.25, 0.3) is 0 Å². The number of amides is 2. The van der Waals surface area contributed by atoms with E-state index in [1.165, 1.54) is 0 Å². The Morgan fingerprint density at radius 2 is 1.92 bits per heavy atom. The van der Waals surface area contributed by atoms with Gasteiger partial charge in [0.2, 0.25) is 0 Å². The zero-order valence-electron chi connectivity index (χ0n) is 14.1. The molecule has 2 amide bonds. The molecule has 0 aliphatic rings. The number of nitrogens with one attached hydrogen (secondary N) is 1. The summed E-state index contributed by atoms with van der Waals surface area (Å²) < 4.78 is 3.57. The first kappa shape index (κ1) is 15.8. The van der Waals surface area contributed by atoms with Crippen LogP contribution in [0.3, 0.4) is 0 Å². The number of nitrogens with zero attached hydrogens (tertiary/aromatic N) is 6. The summed E-state index contributed by atoms with van der Waals surface area (Å²) in [5.41, 5.74) is 2.23. The van der Waals surface area contributed by atoms with E-state index in [0.29, 0.717) is 18.1 Å². The van der Waals surface area contributed by atoms with Crippen LogP contribution in [0.5, 0.6) is 0 Å². The molecular formula is C18H17N7O. The Kier molecular flexibility index (Phi) is 4.06. The normalized spacial score (nSPS) is 10.8. The molecule has 1 aromatic carbocycles. The molecule has 130 valence electrons. The standard InChI is InChI=1S/C18H17N7O/c1-23(13-17-22-21-16-9-4-5-11-24(16)17)18(26)20-14-7-2-3-8-15(14)25-12-6-10-19-25/h2-12H,13H2,1H3,(H,20,26). The van der Waals surface area contributed by atoms with Gasteiger partial charge in [-0.2, -0.15) is 5.10 Å². The van der Waals surface area contributed by atoms with E-state index < -0.39 is 0 Å². The third-order valence-electron chi connectivity index (χ3n) is 4.01. The smallest absolute Gasteiger partial charge is 0.320 e.